The third kappa shape index (κ3) is 2.03. The van der Waals surface area contributed by atoms with Crippen molar-refractivity contribution in [3.05, 3.63) is 57.0 Å². The number of rotatable bonds is 1. The van der Waals surface area contributed by atoms with E-state index in [1.165, 1.54) is 6.07 Å². The van der Waals surface area contributed by atoms with Gasteiger partial charge in [-0.3, -0.25) is 4.57 Å². The van der Waals surface area contributed by atoms with E-state index in [1.54, 1.807) is 6.07 Å². The third-order valence-corrected chi connectivity index (χ3v) is 4.22. The zero-order valence-corrected chi connectivity index (χ0v) is 12.5. The molecule has 0 aliphatic carbocycles. The van der Waals surface area contributed by atoms with Gasteiger partial charge in [-0.25, -0.2) is 4.39 Å². The molecule has 0 atom stereocenters. The van der Waals surface area contributed by atoms with Crippen LogP contribution in [-0.4, -0.2) is 9.55 Å². The summed E-state index contributed by atoms with van der Waals surface area (Å²) in [5.41, 5.74) is 3.21. The molecule has 0 unspecified atom stereocenters. The summed E-state index contributed by atoms with van der Waals surface area (Å²) < 4.78 is 17.0. The number of H-pyrrole nitrogens is 1. The normalized spacial score (nSPS) is 11.1. The monoisotopic (exact) mass is 336 g/mol. The van der Waals surface area contributed by atoms with Crippen molar-refractivity contribution in [1.29, 1.82) is 0 Å². The zero-order valence-electron chi connectivity index (χ0n) is 10.1. The van der Waals surface area contributed by atoms with Gasteiger partial charge in [0.25, 0.3) is 0 Å². The lowest BCUT2D eigenvalue weighted by molar-refractivity contribution is 0.637. The fraction of sp³-hybridized carbons (Fsp3) is 0.0714. The van der Waals surface area contributed by atoms with Crippen LogP contribution in [0.2, 0.25) is 0 Å². The summed E-state index contributed by atoms with van der Waals surface area (Å²) in [5.74, 6) is -0.298. The number of hydrogen-bond acceptors (Lipinski definition) is 1. The fourth-order valence-corrected chi connectivity index (χ4v) is 2.74. The molecule has 3 aromatic rings. The highest BCUT2D eigenvalue weighted by molar-refractivity contribution is 9.10. The maximum Gasteiger partial charge on any atom is 0.182 e. The lowest BCUT2D eigenvalue weighted by atomic mass is 10.2. The van der Waals surface area contributed by atoms with Crippen molar-refractivity contribution in [2.24, 2.45) is 0 Å². The summed E-state index contributed by atoms with van der Waals surface area (Å²) >= 11 is 8.80. The molecule has 0 radical (unpaired) electrons. The van der Waals surface area contributed by atoms with Gasteiger partial charge in [0.2, 0.25) is 0 Å². The van der Waals surface area contributed by atoms with Crippen LogP contribution in [0.3, 0.4) is 0 Å². The molecule has 0 amide bonds. The van der Waals surface area contributed by atoms with Gasteiger partial charge in [-0.1, -0.05) is 28.1 Å². The Kier molecular flexibility index (Phi) is 3.03. The minimum atomic E-state index is -0.298. The topological polar surface area (TPSA) is 20.7 Å². The van der Waals surface area contributed by atoms with Crippen molar-refractivity contribution in [3.8, 4) is 5.69 Å². The number of nitrogens with zero attached hydrogens (tertiary/aromatic N) is 1. The first kappa shape index (κ1) is 12.6. The van der Waals surface area contributed by atoms with Gasteiger partial charge in [0.15, 0.2) is 4.77 Å². The number of para-hydroxylation sites is 1. The van der Waals surface area contributed by atoms with E-state index in [-0.39, 0.29) is 5.82 Å². The standard InChI is InChI=1S/C14H10BrFN2S/c1-8-5-6-9(7-10(8)15)18-12-4-2-3-11(16)13(12)17-14(18)19/h2-7H,1H3,(H,17,19). The summed E-state index contributed by atoms with van der Waals surface area (Å²) in [6.45, 7) is 2.02. The molecule has 96 valence electrons. The SMILES string of the molecule is Cc1ccc(-n2c(=S)[nH]c3c(F)cccc32)cc1Br. The molecule has 0 aliphatic heterocycles. The first-order valence-electron chi connectivity index (χ1n) is 5.73. The maximum absolute atomic E-state index is 13.7. The van der Waals surface area contributed by atoms with E-state index < -0.39 is 0 Å². The second-order valence-corrected chi connectivity index (χ2v) is 5.57. The van der Waals surface area contributed by atoms with Crippen molar-refractivity contribution in [1.82, 2.24) is 9.55 Å². The van der Waals surface area contributed by atoms with Crippen LogP contribution < -0.4 is 0 Å². The molecular formula is C14H10BrFN2S. The van der Waals surface area contributed by atoms with Gasteiger partial charge in [-0.2, -0.15) is 0 Å². The van der Waals surface area contributed by atoms with Crippen LogP contribution in [0, 0.1) is 17.5 Å². The minimum Gasteiger partial charge on any atom is -0.328 e. The number of nitrogens with one attached hydrogen (secondary N) is 1. The Morgan fingerprint density at radius 3 is 2.79 bits per heavy atom. The number of aromatic nitrogens is 2. The molecule has 0 saturated heterocycles. The van der Waals surface area contributed by atoms with Crippen LogP contribution in [0.1, 0.15) is 5.56 Å². The molecule has 1 aromatic heterocycles. The average Bonchev–Trinajstić information content (AvgIpc) is 2.71. The molecule has 0 spiro atoms. The quantitative estimate of drug-likeness (QED) is 0.627. The Labute approximate surface area is 123 Å². The van der Waals surface area contributed by atoms with E-state index in [0.29, 0.717) is 10.3 Å². The Balaban J connectivity index is 2.36. The predicted octanol–water partition coefficient (Wildman–Crippen LogP) is 4.90. The molecule has 19 heavy (non-hydrogen) atoms. The van der Waals surface area contributed by atoms with E-state index in [4.69, 9.17) is 12.2 Å². The second-order valence-electron chi connectivity index (χ2n) is 4.33. The maximum atomic E-state index is 13.7. The summed E-state index contributed by atoms with van der Waals surface area (Å²) in [7, 11) is 0. The van der Waals surface area contributed by atoms with Gasteiger partial charge in [0.05, 0.1) is 5.52 Å². The number of halogens is 2. The number of benzene rings is 2. The van der Waals surface area contributed by atoms with Gasteiger partial charge < -0.3 is 4.98 Å². The fourth-order valence-electron chi connectivity index (χ4n) is 2.07. The molecule has 2 aromatic carbocycles. The van der Waals surface area contributed by atoms with Crippen molar-refractivity contribution in [3.63, 3.8) is 0 Å². The van der Waals surface area contributed by atoms with E-state index >= 15 is 0 Å². The smallest absolute Gasteiger partial charge is 0.182 e. The van der Waals surface area contributed by atoms with E-state index in [2.05, 4.69) is 20.9 Å². The molecule has 2 nitrogen and oxygen atoms in total. The highest BCUT2D eigenvalue weighted by Gasteiger charge is 2.10. The van der Waals surface area contributed by atoms with Crippen LogP contribution in [-0.2, 0) is 0 Å². The highest BCUT2D eigenvalue weighted by Crippen LogP contribution is 2.25. The first-order valence-corrected chi connectivity index (χ1v) is 6.94. The predicted molar refractivity (Wildman–Crippen MR) is 80.9 cm³/mol. The zero-order chi connectivity index (χ0) is 13.6. The summed E-state index contributed by atoms with van der Waals surface area (Å²) in [4.78, 5) is 2.92. The molecule has 0 fully saturated rings. The molecule has 0 saturated carbocycles. The lowest BCUT2D eigenvalue weighted by Gasteiger charge is -2.06. The molecule has 0 bridgehead atoms. The summed E-state index contributed by atoms with van der Waals surface area (Å²) in [6.07, 6.45) is 0. The largest absolute Gasteiger partial charge is 0.328 e. The Hall–Kier alpha value is -1.46. The second kappa shape index (κ2) is 4.58. The van der Waals surface area contributed by atoms with Gasteiger partial charge in [0, 0.05) is 10.2 Å². The van der Waals surface area contributed by atoms with E-state index in [9.17, 15) is 4.39 Å². The van der Waals surface area contributed by atoms with Gasteiger partial charge in [-0.05, 0) is 49.0 Å². The molecule has 5 heteroatoms. The van der Waals surface area contributed by atoms with Crippen molar-refractivity contribution < 1.29 is 4.39 Å². The van der Waals surface area contributed by atoms with Crippen LogP contribution in [0.4, 0.5) is 4.39 Å². The summed E-state index contributed by atoms with van der Waals surface area (Å²) in [6, 6.07) is 10.9. The number of imidazole rings is 1. The number of hydrogen-bond donors (Lipinski definition) is 1. The summed E-state index contributed by atoms with van der Waals surface area (Å²) in [5, 5.41) is 0. The Morgan fingerprint density at radius 2 is 2.05 bits per heavy atom. The molecule has 1 heterocycles. The van der Waals surface area contributed by atoms with E-state index in [1.807, 2.05) is 35.8 Å². The van der Waals surface area contributed by atoms with Gasteiger partial charge in [0.1, 0.15) is 11.3 Å². The molecule has 1 N–H and O–H groups in total. The highest BCUT2D eigenvalue weighted by atomic mass is 79.9. The van der Waals surface area contributed by atoms with Gasteiger partial charge >= 0.3 is 0 Å². The van der Waals surface area contributed by atoms with Crippen molar-refractivity contribution >= 4 is 39.2 Å². The van der Waals surface area contributed by atoms with Crippen molar-refractivity contribution in [2.75, 3.05) is 0 Å². The van der Waals surface area contributed by atoms with Crippen molar-refractivity contribution in [2.45, 2.75) is 6.92 Å². The molecule has 0 aliphatic rings. The van der Waals surface area contributed by atoms with E-state index in [0.717, 1.165) is 21.2 Å². The van der Waals surface area contributed by atoms with Crippen LogP contribution >= 0.6 is 28.1 Å². The molecular weight excluding hydrogens is 327 g/mol. The Morgan fingerprint density at radius 1 is 1.26 bits per heavy atom. The van der Waals surface area contributed by atoms with Crippen LogP contribution in [0.5, 0.6) is 0 Å². The number of fused-ring (bicyclic) bond motifs is 1. The van der Waals surface area contributed by atoms with Crippen LogP contribution in [0.25, 0.3) is 16.7 Å². The minimum absolute atomic E-state index is 0.298. The third-order valence-electron chi connectivity index (χ3n) is 3.08. The average molecular weight is 337 g/mol. The number of aromatic amines is 1. The Bertz CT molecular complexity index is 835. The molecule has 3 rings (SSSR count). The van der Waals surface area contributed by atoms with Gasteiger partial charge in [-0.15, -0.1) is 0 Å². The number of aryl methyl sites for hydroxylation is 1. The lowest BCUT2D eigenvalue weighted by Crippen LogP contribution is -1.94. The first-order chi connectivity index (χ1) is 9.08. The van der Waals surface area contributed by atoms with Crippen LogP contribution in [0.15, 0.2) is 40.9 Å².